The van der Waals surface area contributed by atoms with Crippen LogP contribution in [0.4, 0.5) is 0 Å². The van der Waals surface area contributed by atoms with Gasteiger partial charge in [-0.2, -0.15) is 0 Å². The Morgan fingerprint density at radius 2 is 1.85 bits per heavy atom. The monoisotopic (exact) mass is 190 g/mol. The van der Waals surface area contributed by atoms with Crippen molar-refractivity contribution >= 4 is 0 Å². The average Bonchev–Trinajstić information content (AvgIpc) is 2.02. The number of hydrogen-bond acceptors (Lipinski definition) is 3. The highest BCUT2D eigenvalue weighted by Gasteiger charge is 2.03. The van der Waals surface area contributed by atoms with Gasteiger partial charge in [-0.3, -0.25) is 0 Å². The molecule has 0 spiro atoms. The molecule has 3 N–H and O–H groups in total. The van der Waals surface area contributed by atoms with Crippen LogP contribution in [0.2, 0.25) is 0 Å². The minimum atomic E-state index is -0.630. The molecule has 0 aliphatic heterocycles. The summed E-state index contributed by atoms with van der Waals surface area (Å²) < 4.78 is 0. The summed E-state index contributed by atoms with van der Waals surface area (Å²) in [4.78, 5) is 0. The molecule has 1 atom stereocenters. The van der Waals surface area contributed by atoms with Crippen molar-refractivity contribution in [3.05, 3.63) is 12.2 Å². The molecule has 0 aliphatic rings. The highest BCUT2D eigenvalue weighted by molar-refractivity contribution is 4.92. The Morgan fingerprint density at radius 1 is 1.38 bits per heavy atom. The maximum absolute atomic E-state index is 8.93. The van der Waals surface area contributed by atoms with Gasteiger partial charge in [0, 0.05) is 0 Å². The zero-order valence-corrected chi connectivity index (χ0v) is 8.99. The van der Waals surface area contributed by atoms with E-state index < -0.39 is 11.7 Å². The molecule has 0 saturated carbocycles. The lowest BCUT2D eigenvalue weighted by Crippen LogP contribution is -2.13. The van der Waals surface area contributed by atoms with E-state index in [2.05, 4.69) is 0 Å². The fourth-order valence-corrected chi connectivity index (χ4v) is 0.537. The zero-order valence-electron chi connectivity index (χ0n) is 8.99. The normalized spacial score (nSPS) is 13.8. The highest BCUT2D eigenvalue weighted by atomic mass is 16.3. The maximum atomic E-state index is 8.93. The predicted molar refractivity (Wildman–Crippen MR) is 54.5 cm³/mol. The predicted octanol–water partition coefficient (Wildman–Crippen LogP) is 1.08. The van der Waals surface area contributed by atoms with E-state index in [4.69, 9.17) is 15.3 Å². The van der Waals surface area contributed by atoms with E-state index >= 15 is 0 Å². The van der Waals surface area contributed by atoms with Gasteiger partial charge in [-0.25, -0.2) is 0 Å². The second-order valence-electron chi connectivity index (χ2n) is 3.40. The van der Waals surface area contributed by atoms with Crippen LogP contribution in [0, 0.1) is 0 Å². The van der Waals surface area contributed by atoms with Crippen LogP contribution in [0.1, 0.15) is 34.1 Å². The quantitative estimate of drug-likeness (QED) is 0.584. The summed E-state index contributed by atoms with van der Waals surface area (Å²) in [5.41, 5.74) is -0.630. The van der Waals surface area contributed by atoms with Crippen LogP contribution in [0.15, 0.2) is 12.2 Å². The van der Waals surface area contributed by atoms with E-state index in [9.17, 15) is 0 Å². The van der Waals surface area contributed by atoms with Crippen molar-refractivity contribution in [3.8, 4) is 0 Å². The van der Waals surface area contributed by atoms with Gasteiger partial charge in [0.25, 0.3) is 0 Å². The van der Waals surface area contributed by atoms with E-state index in [0.717, 1.165) is 0 Å². The van der Waals surface area contributed by atoms with Gasteiger partial charge in [-0.15, -0.1) is 0 Å². The van der Waals surface area contributed by atoms with Gasteiger partial charge in [0.2, 0.25) is 0 Å². The smallest absolute Gasteiger partial charge is 0.0771 e. The summed E-state index contributed by atoms with van der Waals surface area (Å²) >= 11 is 0. The minimum absolute atomic E-state index is 0.115. The lowest BCUT2D eigenvalue weighted by Gasteiger charge is -2.08. The fraction of sp³-hybridized carbons (Fsp3) is 0.800. The van der Waals surface area contributed by atoms with Crippen molar-refractivity contribution < 1.29 is 15.3 Å². The molecule has 0 radical (unpaired) electrons. The molecule has 3 heteroatoms. The topological polar surface area (TPSA) is 60.7 Å². The summed E-state index contributed by atoms with van der Waals surface area (Å²) in [5, 5.41) is 25.4. The van der Waals surface area contributed by atoms with Crippen LogP contribution in [0.25, 0.3) is 0 Å². The Bertz CT molecular complexity index is 121. The third-order valence-corrected chi connectivity index (χ3v) is 1.26. The van der Waals surface area contributed by atoms with Gasteiger partial charge in [0.1, 0.15) is 0 Å². The lowest BCUT2D eigenvalue weighted by atomic mass is 10.1. The summed E-state index contributed by atoms with van der Waals surface area (Å²) in [6, 6.07) is 0. The highest BCUT2D eigenvalue weighted by Crippen LogP contribution is 2.00. The van der Waals surface area contributed by atoms with Gasteiger partial charge in [0.05, 0.1) is 18.3 Å². The molecule has 0 saturated heterocycles. The molecule has 0 aromatic heterocycles. The Morgan fingerprint density at radius 3 is 1.85 bits per heavy atom. The molecule has 0 amide bonds. The van der Waals surface area contributed by atoms with Crippen LogP contribution in [0.5, 0.6) is 0 Å². The standard InChI is InChI=1S/C6H12O.C4H10O2/c1-4-5-6(2,3)7;1-2-4(6)3-5/h4-5,7H,1-3H3;4-6H,2-3H2,1H3. The largest absolute Gasteiger partial charge is 0.394 e. The van der Waals surface area contributed by atoms with Crippen molar-refractivity contribution in [2.75, 3.05) is 6.61 Å². The van der Waals surface area contributed by atoms with Crippen molar-refractivity contribution in [3.63, 3.8) is 0 Å². The third kappa shape index (κ3) is 18.5. The first-order valence-corrected chi connectivity index (χ1v) is 4.52. The number of hydrogen-bond donors (Lipinski definition) is 3. The molecule has 0 bridgehead atoms. The second kappa shape index (κ2) is 8.23. The van der Waals surface area contributed by atoms with Crippen molar-refractivity contribution in [1.29, 1.82) is 0 Å². The molecule has 0 rings (SSSR count). The third-order valence-electron chi connectivity index (χ3n) is 1.26. The number of aliphatic hydroxyl groups is 3. The molecule has 13 heavy (non-hydrogen) atoms. The van der Waals surface area contributed by atoms with Crippen LogP contribution < -0.4 is 0 Å². The summed E-state index contributed by atoms with van der Waals surface area (Å²) in [6.45, 7) is 7.08. The molecule has 3 nitrogen and oxygen atoms in total. The molecular weight excluding hydrogens is 168 g/mol. The summed E-state index contributed by atoms with van der Waals surface area (Å²) in [6.07, 6.45) is 3.70. The zero-order chi connectivity index (χ0) is 10.9. The van der Waals surface area contributed by atoms with Crippen molar-refractivity contribution in [2.24, 2.45) is 0 Å². The van der Waals surface area contributed by atoms with E-state index in [0.29, 0.717) is 6.42 Å². The second-order valence-corrected chi connectivity index (χ2v) is 3.40. The molecule has 0 aromatic carbocycles. The van der Waals surface area contributed by atoms with Crippen LogP contribution in [0.3, 0.4) is 0 Å². The van der Waals surface area contributed by atoms with Gasteiger partial charge < -0.3 is 15.3 Å². The SMILES string of the molecule is CC=CC(C)(C)O.CCC(O)CO. The first-order valence-electron chi connectivity index (χ1n) is 4.52. The van der Waals surface area contributed by atoms with Crippen molar-refractivity contribution in [2.45, 2.75) is 45.8 Å². The molecular formula is C10H22O3. The summed E-state index contributed by atoms with van der Waals surface area (Å²) in [7, 11) is 0. The maximum Gasteiger partial charge on any atom is 0.0771 e. The average molecular weight is 190 g/mol. The number of aliphatic hydroxyl groups excluding tert-OH is 2. The van der Waals surface area contributed by atoms with E-state index in [1.807, 2.05) is 19.9 Å². The van der Waals surface area contributed by atoms with E-state index in [1.165, 1.54) is 0 Å². The first kappa shape index (κ1) is 15.1. The van der Waals surface area contributed by atoms with Gasteiger partial charge >= 0.3 is 0 Å². The van der Waals surface area contributed by atoms with Gasteiger partial charge in [-0.1, -0.05) is 19.1 Å². The van der Waals surface area contributed by atoms with Gasteiger partial charge in [-0.05, 0) is 27.2 Å². The molecule has 0 heterocycles. The van der Waals surface area contributed by atoms with Crippen LogP contribution in [-0.4, -0.2) is 33.6 Å². The Labute approximate surface area is 80.7 Å². The van der Waals surface area contributed by atoms with E-state index in [-0.39, 0.29) is 6.61 Å². The molecule has 80 valence electrons. The molecule has 0 aromatic rings. The number of rotatable bonds is 3. The molecule has 0 fully saturated rings. The van der Waals surface area contributed by atoms with Crippen LogP contribution in [-0.2, 0) is 0 Å². The Hall–Kier alpha value is -0.380. The molecule has 0 aliphatic carbocycles. The van der Waals surface area contributed by atoms with Crippen LogP contribution >= 0.6 is 0 Å². The Balaban J connectivity index is 0. The first-order chi connectivity index (χ1) is 5.87. The minimum Gasteiger partial charge on any atom is -0.394 e. The van der Waals surface area contributed by atoms with Gasteiger partial charge in [0.15, 0.2) is 0 Å². The molecule has 1 unspecified atom stereocenters. The Kier molecular flexibility index (Phi) is 9.56. The number of allylic oxidation sites excluding steroid dienone is 1. The van der Waals surface area contributed by atoms with E-state index in [1.54, 1.807) is 19.9 Å². The summed E-state index contributed by atoms with van der Waals surface area (Å²) in [5.74, 6) is 0. The lowest BCUT2D eigenvalue weighted by molar-refractivity contribution is 0.0923. The van der Waals surface area contributed by atoms with Crippen molar-refractivity contribution in [1.82, 2.24) is 0 Å². The fourth-order valence-electron chi connectivity index (χ4n) is 0.537.